The number of nitrogen functional groups attached to an aromatic ring is 1. The van der Waals surface area contributed by atoms with Crippen LogP contribution in [0.1, 0.15) is 6.42 Å². The van der Waals surface area contributed by atoms with E-state index in [1.165, 1.54) is 19.2 Å². The van der Waals surface area contributed by atoms with E-state index < -0.39 is 11.1 Å². The van der Waals surface area contributed by atoms with Crippen LogP contribution >= 0.6 is 11.8 Å². The number of amides is 2. The molecular formula is C11H11FN2O2S. The van der Waals surface area contributed by atoms with Crippen molar-refractivity contribution in [2.45, 2.75) is 16.6 Å². The molecule has 1 saturated heterocycles. The molecule has 1 fully saturated rings. The molecule has 1 aromatic carbocycles. The molecule has 1 heterocycles. The maximum absolute atomic E-state index is 13.1. The van der Waals surface area contributed by atoms with Gasteiger partial charge in [0.1, 0.15) is 5.82 Å². The largest absolute Gasteiger partial charge is 0.399 e. The zero-order valence-electron chi connectivity index (χ0n) is 9.14. The molecule has 0 saturated carbocycles. The summed E-state index contributed by atoms with van der Waals surface area (Å²) < 4.78 is 13.1. The first-order chi connectivity index (χ1) is 7.97. The highest BCUT2D eigenvalue weighted by molar-refractivity contribution is 8.00. The van der Waals surface area contributed by atoms with Crippen molar-refractivity contribution in [3.8, 4) is 0 Å². The van der Waals surface area contributed by atoms with Crippen LogP contribution in [-0.2, 0) is 9.59 Å². The molecule has 2 N–H and O–H groups in total. The molecule has 0 bridgehead atoms. The second-order valence-electron chi connectivity index (χ2n) is 3.82. The van der Waals surface area contributed by atoms with Crippen LogP contribution < -0.4 is 5.73 Å². The highest BCUT2D eigenvalue weighted by Gasteiger charge is 2.36. The molecule has 2 rings (SSSR count). The van der Waals surface area contributed by atoms with E-state index in [0.717, 1.165) is 16.7 Å². The van der Waals surface area contributed by atoms with E-state index in [4.69, 9.17) is 5.73 Å². The minimum absolute atomic E-state index is 0.149. The number of likely N-dealkylation sites (tertiary alicyclic amines) is 1. The SMILES string of the molecule is CN1C(=O)CC(Sc2cc(N)cc(F)c2)C1=O. The van der Waals surface area contributed by atoms with Gasteiger partial charge in [-0.05, 0) is 18.2 Å². The van der Waals surface area contributed by atoms with E-state index in [0.29, 0.717) is 10.6 Å². The fourth-order valence-corrected chi connectivity index (χ4v) is 2.83. The van der Waals surface area contributed by atoms with Crippen LogP contribution in [0, 0.1) is 5.82 Å². The summed E-state index contributed by atoms with van der Waals surface area (Å²) in [5.41, 5.74) is 5.81. The van der Waals surface area contributed by atoms with Crippen molar-refractivity contribution in [1.82, 2.24) is 4.90 Å². The molecule has 0 aromatic heterocycles. The number of hydrogen-bond donors (Lipinski definition) is 1. The van der Waals surface area contributed by atoms with Crippen LogP contribution in [0.5, 0.6) is 0 Å². The lowest BCUT2D eigenvalue weighted by Crippen LogP contribution is -2.26. The van der Waals surface area contributed by atoms with Gasteiger partial charge in [0, 0.05) is 24.1 Å². The number of carbonyl (C=O) groups excluding carboxylic acids is 2. The Labute approximate surface area is 102 Å². The molecule has 90 valence electrons. The summed E-state index contributed by atoms with van der Waals surface area (Å²) in [7, 11) is 1.45. The molecule has 6 heteroatoms. The topological polar surface area (TPSA) is 63.4 Å². The third-order valence-electron chi connectivity index (χ3n) is 2.51. The first kappa shape index (κ1) is 11.9. The van der Waals surface area contributed by atoms with Crippen LogP contribution in [0.4, 0.5) is 10.1 Å². The summed E-state index contributed by atoms with van der Waals surface area (Å²) in [6.45, 7) is 0. The normalized spacial score (nSPS) is 20.1. The minimum Gasteiger partial charge on any atom is -0.399 e. The van der Waals surface area contributed by atoms with Crippen LogP contribution in [0.15, 0.2) is 23.1 Å². The third kappa shape index (κ3) is 2.41. The Morgan fingerprint density at radius 1 is 1.41 bits per heavy atom. The van der Waals surface area contributed by atoms with E-state index >= 15 is 0 Å². The molecule has 0 radical (unpaired) electrons. The van der Waals surface area contributed by atoms with Gasteiger partial charge < -0.3 is 5.73 Å². The fourth-order valence-electron chi connectivity index (χ4n) is 1.63. The first-order valence-corrected chi connectivity index (χ1v) is 5.88. The Hall–Kier alpha value is -1.56. The summed E-state index contributed by atoms with van der Waals surface area (Å²) in [5.74, 6) is -0.905. The summed E-state index contributed by atoms with van der Waals surface area (Å²) in [6, 6.07) is 4.10. The molecule has 1 aromatic rings. The quantitative estimate of drug-likeness (QED) is 0.637. The maximum Gasteiger partial charge on any atom is 0.242 e. The Bertz CT molecular complexity index is 472. The van der Waals surface area contributed by atoms with Crippen molar-refractivity contribution in [1.29, 1.82) is 0 Å². The first-order valence-electron chi connectivity index (χ1n) is 5.00. The van der Waals surface area contributed by atoms with Gasteiger partial charge >= 0.3 is 0 Å². The van der Waals surface area contributed by atoms with E-state index in [2.05, 4.69) is 0 Å². The summed E-state index contributed by atoms with van der Waals surface area (Å²) in [6.07, 6.45) is 0.149. The van der Waals surface area contributed by atoms with Gasteiger partial charge in [0.25, 0.3) is 0 Å². The Morgan fingerprint density at radius 2 is 2.12 bits per heavy atom. The molecule has 2 amide bonds. The molecule has 1 aliphatic rings. The number of nitrogens with two attached hydrogens (primary N) is 1. The van der Waals surface area contributed by atoms with Gasteiger partial charge in [0.05, 0.1) is 5.25 Å². The van der Waals surface area contributed by atoms with E-state index in [1.807, 2.05) is 0 Å². The van der Waals surface area contributed by atoms with Crippen molar-refractivity contribution in [2.75, 3.05) is 12.8 Å². The van der Waals surface area contributed by atoms with Gasteiger partial charge in [-0.3, -0.25) is 14.5 Å². The zero-order valence-corrected chi connectivity index (χ0v) is 9.96. The third-order valence-corrected chi connectivity index (χ3v) is 3.67. The smallest absolute Gasteiger partial charge is 0.242 e. The van der Waals surface area contributed by atoms with Crippen molar-refractivity contribution in [3.63, 3.8) is 0 Å². The van der Waals surface area contributed by atoms with Crippen LogP contribution in [-0.4, -0.2) is 29.0 Å². The fraction of sp³-hybridized carbons (Fsp3) is 0.273. The number of thioether (sulfide) groups is 1. The Balaban J connectivity index is 2.16. The average molecular weight is 254 g/mol. The molecule has 1 atom stereocenters. The second-order valence-corrected chi connectivity index (χ2v) is 5.10. The number of anilines is 1. The van der Waals surface area contributed by atoms with Crippen molar-refractivity contribution in [3.05, 3.63) is 24.0 Å². The lowest BCUT2D eigenvalue weighted by molar-refractivity contribution is -0.136. The molecule has 4 nitrogen and oxygen atoms in total. The van der Waals surface area contributed by atoms with Crippen molar-refractivity contribution in [2.24, 2.45) is 0 Å². The van der Waals surface area contributed by atoms with Gasteiger partial charge in [-0.2, -0.15) is 0 Å². The Morgan fingerprint density at radius 3 is 2.65 bits per heavy atom. The zero-order chi connectivity index (χ0) is 12.6. The Kier molecular flexibility index (Phi) is 3.06. The molecule has 1 unspecified atom stereocenters. The van der Waals surface area contributed by atoms with Crippen LogP contribution in [0.25, 0.3) is 0 Å². The molecule has 0 spiro atoms. The predicted molar refractivity (Wildman–Crippen MR) is 62.9 cm³/mol. The van der Waals surface area contributed by atoms with Gasteiger partial charge in [-0.25, -0.2) is 4.39 Å². The van der Waals surface area contributed by atoms with E-state index in [9.17, 15) is 14.0 Å². The van der Waals surface area contributed by atoms with E-state index in [1.54, 1.807) is 6.07 Å². The second kappa shape index (κ2) is 4.37. The summed E-state index contributed by atoms with van der Waals surface area (Å²) in [5, 5.41) is -0.478. The van der Waals surface area contributed by atoms with Gasteiger partial charge in [-0.15, -0.1) is 11.8 Å². The number of carbonyl (C=O) groups is 2. The van der Waals surface area contributed by atoms with Crippen molar-refractivity contribution < 1.29 is 14.0 Å². The monoisotopic (exact) mass is 254 g/mol. The number of halogens is 1. The standard InChI is InChI=1S/C11H11FN2O2S/c1-14-10(15)5-9(11(14)16)17-8-3-6(12)2-7(13)4-8/h2-4,9H,5,13H2,1H3. The van der Waals surface area contributed by atoms with Crippen molar-refractivity contribution >= 4 is 29.3 Å². The molecule has 17 heavy (non-hydrogen) atoms. The number of imide groups is 1. The maximum atomic E-state index is 13.1. The highest BCUT2D eigenvalue weighted by Crippen LogP contribution is 2.32. The number of hydrogen-bond acceptors (Lipinski definition) is 4. The number of rotatable bonds is 2. The van der Waals surface area contributed by atoms with Crippen LogP contribution in [0.3, 0.4) is 0 Å². The lowest BCUT2D eigenvalue weighted by Gasteiger charge is -2.09. The summed E-state index contributed by atoms with van der Waals surface area (Å²) >= 11 is 1.16. The number of nitrogens with zero attached hydrogens (tertiary/aromatic N) is 1. The predicted octanol–water partition coefficient (Wildman–Crippen LogP) is 1.26. The molecule has 0 aliphatic carbocycles. The highest BCUT2D eigenvalue weighted by atomic mass is 32.2. The average Bonchev–Trinajstić information content (AvgIpc) is 2.45. The molecule has 1 aliphatic heterocycles. The minimum atomic E-state index is -0.478. The molecular weight excluding hydrogens is 243 g/mol. The van der Waals surface area contributed by atoms with Crippen LogP contribution in [0.2, 0.25) is 0 Å². The number of benzene rings is 1. The lowest BCUT2D eigenvalue weighted by atomic mass is 10.3. The van der Waals surface area contributed by atoms with Gasteiger partial charge in [0.2, 0.25) is 11.8 Å². The van der Waals surface area contributed by atoms with Gasteiger partial charge in [-0.1, -0.05) is 0 Å². The van der Waals surface area contributed by atoms with Gasteiger partial charge in [0.15, 0.2) is 0 Å². The van der Waals surface area contributed by atoms with E-state index in [-0.39, 0.29) is 18.2 Å². The summed E-state index contributed by atoms with van der Waals surface area (Å²) in [4.78, 5) is 24.6.